The molecule has 0 radical (unpaired) electrons. The molecule has 9 nitrogen and oxygen atoms in total. The first-order chi connectivity index (χ1) is 23.5. The van der Waals surface area contributed by atoms with Crippen molar-refractivity contribution in [1.29, 1.82) is 0 Å². The van der Waals surface area contributed by atoms with Crippen LogP contribution in [0.1, 0.15) is 62.5 Å². The minimum atomic E-state index is -3.84. The zero-order chi connectivity index (χ0) is 36.2. The average molecular weight is 727 g/mol. The van der Waals surface area contributed by atoms with E-state index < -0.39 is 72.0 Å². The van der Waals surface area contributed by atoms with Crippen molar-refractivity contribution in [3.8, 4) is 11.4 Å². The van der Waals surface area contributed by atoms with Gasteiger partial charge in [0.05, 0.1) is 50.1 Å². The van der Waals surface area contributed by atoms with E-state index in [-0.39, 0.29) is 50.5 Å². The number of carboxylic acid groups (broad SMARTS) is 1. The van der Waals surface area contributed by atoms with Crippen LogP contribution in [-0.4, -0.2) is 55.0 Å². The Hall–Kier alpha value is -4.30. The molecule has 0 spiro atoms. The van der Waals surface area contributed by atoms with Gasteiger partial charge in [0.1, 0.15) is 5.82 Å². The summed E-state index contributed by atoms with van der Waals surface area (Å²) < 4.78 is 90.5. The van der Waals surface area contributed by atoms with Crippen LogP contribution in [0.2, 0.25) is 0 Å². The number of halogens is 3. The Labute approximate surface area is 290 Å². The molecule has 3 heterocycles. The van der Waals surface area contributed by atoms with Crippen molar-refractivity contribution >= 4 is 37.5 Å². The molecule has 4 bridgehead atoms. The van der Waals surface area contributed by atoms with Crippen LogP contribution in [0.5, 0.6) is 0 Å². The molecule has 6 rings (SSSR count). The molecule has 264 valence electrons. The number of benzene rings is 3. The van der Waals surface area contributed by atoms with E-state index in [4.69, 9.17) is 10.1 Å². The molecule has 0 aliphatic carbocycles. The van der Waals surface area contributed by atoms with Gasteiger partial charge in [-0.2, -0.15) is 5.10 Å². The predicted molar refractivity (Wildman–Crippen MR) is 184 cm³/mol. The number of carbonyl (C=O) groups is 1. The Morgan fingerprint density at radius 3 is 2.48 bits per heavy atom. The summed E-state index contributed by atoms with van der Waals surface area (Å²) in [7, 11) is -4.75. The van der Waals surface area contributed by atoms with E-state index in [1.54, 1.807) is 7.05 Å². The lowest BCUT2D eigenvalue weighted by atomic mass is 9.75. The fourth-order valence-electron chi connectivity index (χ4n) is 7.04. The first kappa shape index (κ1) is 35.5. The molecule has 3 aromatic carbocycles. The van der Waals surface area contributed by atoms with Gasteiger partial charge < -0.3 is 10.1 Å². The van der Waals surface area contributed by atoms with Gasteiger partial charge in [0.15, 0.2) is 33.1 Å². The summed E-state index contributed by atoms with van der Waals surface area (Å²) in [5.41, 5.74) is -0.974. The summed E-state index contributed by atoms with van der Waals surface area (Å²) in [6.07, 6.45) is 1.92. The minimum Gasteiger partial charge on any atom is -0.481 e. The Morgan fingerprint density at radius 2 is 1.78 bits per heavy atom. The predicted octanol–water partition coefficient (Wildman–Crippen LogP) is 6.65. The number of H-pyrrole nitrogens is 1. The molecule has 14 heteroatoms. The van der Waals surface area contributed by atoms with Gasteiger partial charge in [-0.05, 0) is 66.5 Å². The van der Waals surface area contributed by atoms with Gasteiger partial charge >= 0.3 is 5.97 Å². The molecule has 1 aliphatic heterocycles. The van der Waals surface area contributed by atoms with E-state index in [0.29, 0.717) is 25.1 Å². The SMILES string of the molecule is Cn1nc2nc1-c1cc(ccc1F)S(=O)c1c(F)c(F)c3[nH]cc(CC(=O)O)c3c1CCS(=O)(=O)CC(C)(C)CCC[C@]2(C)c1ccccc1. The number of aromatic amines is 1. The molecule has 1 unspecified atom stereocenters. The van der Waals surface area contributed by atoms with Crippen molar-refractivity contribution in [2.75, 3.05) is 11.5 Å². The summed E-state index contributed by atoms with van der Waals surface area (Å²) in [5.74, 6) is -5.02. The van der Waals surface area contributed by atoms with E-state index in [1.165, 1.54) is 23.0 Å². The quantitative estimate of drug-likeness (QED) is 0.213. The zero-order valence-corrected chi connectivity index (χ0v) is 29.7. The number of aromatic nitrogens is 4. The van der Waals surface area contributed by atoms with Crippen LogP contribution >= 0.6 is 0 Å². The van der Waals surface area contributed by atoms with Crippen LogP contribution in [0.25, 0.3) is 22.3 Å². The van der Waals surface area contributed by atoms with E-state index in [9.17, 15) is 22.5 Å². The highest BCUT2D eigenvalue weighted by Crippen LogP contribution is 2.40. The Morgan fingerprint density at radius 1 is 1.06 bits per heavy atom. The highest BCUT2D eigenvalue weighted by Gasteiger charge is 2.36. The number of nitrogens with one attached hydrogen (secondary N) is 1. The molecule has 2 atom stereocenters. The van der Waals surface area contributed by atoms with Crippen LogP contribution in [0, 0.1) is 22.9 Å². The zero-order valence-electron chi connectivity index (χ0n) is 28.0. The Balaban J connectivity index is 1.60. The highest BCUT2D eigenvalue weighted by atomic mass is 32.2. The van der Waals surface area contributed by atoms with Gasteiger partial charge in [0, 0.05) is 23.5 Å². The number of nitrogens with zero attached hydrogens (tertiary/aromatic N) is 3. The van der Waals surface area contributed by atoms with Crippen molar-refractivity contribution in [2.24, 2.45) is 12.5 Å². The van der Waals surface area contributed by atoms with Crippen LogP contribution in [0.15, 0.2) is 64.5 Å². The first-order valence-corrected chi connectivity index (χ1v) is 19.1. The van der Waals surface area contributed by atoms with E-state index >= 15 is 13.2 Å². The fourth-order valence-corrected chi connectivity index (χ4v) is 10.4. The van der Waals surface area contributed by atoms with Crippen molar-refractivity contribution in [3.05, 3.63) is 94.7 Å². The third-order valence-corrected chi connectivity index (χ3v) is 13.1. The largest absolute Gasteiger partial charge is 0.481 e. The topological polar surface area (TPSA) is 135 Å². The standard InChI is InChI=1S/C36H37F3N4O5S2/c1-35(2)14-8-15-36(3,22-9-6-5-7-10-22)34-41-33(43(4)42-34)25-18-23(11-12-26(25)37)49(46)32-24(13-16-50(47,48)20-35)28-21(17-27(44)45)19-40-31(28)29(38)30(32)39/h5-7,9-12,18-19,40H,8,13-17,20H2,1-4H3,(H,44,45)/t36-,49?/m1/s1. The maximum absolute atomic E-state index is 16.1. The van der Waals surface area contributed by atoms with Gasteiger partial charge in [-0.3, -0.25) is 4.79 Å². The molecule has 50 heavy (non-hydrogen) atoms. The molecule has 5 aromatic rings. The number of carboxylic acids is 1. The average Bonchev–Trinajstić information content (AvgIpc) is 3.65. The first-order valence-electron chi connectivity index (χ1n) is 16.1. The van der Waals surface area contributed by atoms with Crippen molar-refractivity contribution < 1.29 is 35.7 Å². The van der Waals surface area contributed by atoms with Gasteiger partial charge in [0.2, 0.25) is 0 Å². The number of aryl methyl sites for hydroxylation is 2. The maximum Gasteiger partial charge on any atom is 0.307 e. The second-order valence-electron chi connectivity index (χ2n) is 13.9. The molecule has 0 amide bonds. The third-order valence-electron chi connectivity index (χ3n) is 9.54. The smallest absolute Gasteiger partial charge is 0.307 e. The Bertz CT molecular complexity index is 2270. The summed E-state index contributed by atoms with van der Waals surface area (Å²) in [5, 5.41) is 14.2. The molecule has 0 saturated carbocycles. The van der Waals surface area contributed by atoms with Gasteiger partial charge in [-0.15, -0.1) is 0 Å². The molecular formula is C36H37F3N4O5S2. The second-order valence-corrected chi connectivity index (χ2v) is 17.5. The van der Waals surface area contributed by atoms with Crippen molar-refractivity contribution in [2.45, 2.75) is 68.1 Å². The number of fused-ring (bicyclic) bond motifs is 8. The second kappa shape index (κ2) is 13.1. The lowest BCUT2D eigenvalue weighted by molar-refractivity contribution is -0.136. The van der Waals surface area contributed by atoms with E-state index in [1.807, 2.05) is 51.1 Å². The molecule has 2 N–H and O–H groups in total. The third kappa shape index (κ3) is 6.62. The molecular weight excluding hydrogens is 690 g/mol. The van der Waals surface area contributed by atoms with Gasteiger partial charge in [0.25, 0.3) is 0 Å². The molecule has 0 saturated heterocycles. The van der Waals surface area contributed by atoms with Crippen molar-refractivity contribution in [1.82, 2.24) is 19.7 Å². The van der Waals surface area contributed by atoms with Gasteiger partial charge in [-0.25, -0.2) is 35.5 Å². The monoisotopic (exact) mass is 726 g/mol. The number of hydrogen-bond donors (Lipinski definition) is 2. The molecule has 0 fully saturated rings. The number of rotatable bonds is 3. The Kier molecular flexibility index (Phi) is 9.31. The van der Waals surface area contributed by atoms with Crippen LogP contribution in [0.3, 0.4) is 0 Å². The minimum absolute atomic E-state index is 0.0426. The fraction of sp³-hybridized carbons (Fsp3) is 0.361. The summed E-state index contributed by atoms with van der Waals surface area (Å²) in [6, 6.07) is 13.1. The van der Waals surface area contributed by atoms with Crippen LogP contribution in [0.4, 0.5) is 13.2 Å². The van der Waals surface area contributed by atoms with Crippen LogP contribution < -0.4 is 0 Å². The normalized spacial score (nSPS) is 20.9. The summed E-state index contributed by atoms with van der Waals surface area (Å²) >= 11 is 0. The number of aliphatic carboxylic acids is 1. The summed E-state index contributed by atoms with van der Waals surface area (Å²) in [4.78, 5) is 18.4. The number of hydrogen-bond acceptors (Lipinski definition) is 6. The summed E-state index contributed by atoms with van der Waals surface area (Å²) in [6.45, 7) is 5.69. The van der Waals surface area contributed by atoms with Crippen LogP contribution in [-0.2, 0) is 50.7 Å². The highest BCUT2D eigenvalue weighted by molar-refractivity contribution is 7.91. The lowest BCUT2D eigenvalue weighted by Crippen LogP contribution is -2.29. The van der Waals surface area contributed by atoms with Gasteiger partial charge in [-0.1, -0.05) is 50.6 Å². The molecule has 1 aliphatic rings. The molecule has 2 aromatic heterocycles. The van der Waals surface area contributed by atoms with E-state index in [0.717, 1.165) is 11.6 Å². The lowest BCUT2D eigenvalue weighted by Gasteiger charge is -2.30. The van der Waals surface area contributed by atoms with Crippen molar-refractivity contribution in [3.63, 3.8) is 0 Å². The number of sulfone groups is 1. The maximum atomic E-state index is 16.1. The van der Waals surface area contributed by atoms with E-state index in [2.05, 4.69) is 4.98 Å².